The number of carbonyl (C=O) groups is 1. The minimum atomic E-state index is -0.507. The van der Waals surface area contributed by atoms with Crippen molar-refractivity contribution in [2.45, 2.75) is 13.2 Å². The van der Waals surface area contributed by atoms with Gasteiger partial charge in [-0.05, 0) is 37.3 Å². The Morgan fingerprint density at radius 2 is 1.86 bits per heavy atom. The number of hydrogen-bond acceptors (Lipinski definition) is 9. The number of hydrogen-bond donors (Lipinski definition) is 4. The van der Waals surface area contributed by atoms with Gasteiger partial charge in [-0.3, -0.25) is 0 Å². The average Bonchev–Trinajstić information content (AvgIpc) is 3.30. The van der Waals surface area contributed by atoms with Crippen LogP contribution >= 0.6 is 31.9 Å². The molecule has 4 aromatic rings. The number of fused-ring (bicyclic) bond motifs is 2. The lowest BCUT2D eigenvalue weighted by Crippen LogP contribution is -2.45. The molecule has 1 aliphatic heterocycles. The van der Waals surface area contributed by atoms with E-state index in [4.69, 9.17) is 21.1 Å². The number of rotatable bonds is 6. The largest absolute Gasteiger partial charge is 0.450 e. The number of pyridine rings is 1. The zero-order valence-electron chi connectivity index (χ0n) is 19.5. The summed E-state index contributed by atoms with van der Waals surface area (Å²) in [7, 11) is 0. The molecule has 2 amide bonds. The van der Waals surface area contributed by atoms with Crippen LogP contribution in [0.2, 0.25) is 0 Å². The smallest absolute Gasteiger partial charge is 0.337 e. The highest BCUT2D eigenvalue weighted by molar-refractivity contribution is 9.11. The molecule has 190 valence electrons. The van der Waals surface area contributed by atoms with Crippen molar-refractivity contribution in [2.24, 2.45) is 11.6 Å². The third-order valence-electron chi connectivity index (χ3n) is 5.46. The fourth-order valence-corrected chi connectivity index (χ4v) is 5.20. The van der Waals surface area contributed by atoms with Gasteiger partial charge >= 0.3 is 6.03 Å². The summed E-state index contributed by atoms with van der Waals surface area (Å²) < 4.78 is 12.8. The highest BCUT2D eigenvalue weighted by atomic mass is 79.9. The van der Waals surface area contributed by atoms with Crippen LogP contribution in [-0.4, -0.2) is 40.4 Å². The van der Waals surface area contributed by atoms with Gasteiger partial charge in [0, 0.05) is 50.0 Å². The van der Waals surface area contributed by atoms with Gasteiger partial charge < -0.3 is 25.8 Å². The molecule has 1 aliphatic rings. The van der Waals surface area contributed by atoms with Crippen LogP contribution in [0.15, 0.2) is 57.6 Å². The van der Waals surface area contributed by atoms with Crippen molar-refractivity contribution in [1.29, 1.82) is 0 Å². The zero-order valence-corrected chi connectivity index (χ0v) is 22.7. The van der Waals surface area contributed by atoms with Crippen LogP contribution in [0.25, 0.3) is 22.2 Å². The van der Waals surface area contributed by atoms with Crippen molar-refractivity contribution >= 4 is 66.4 Å². The second kappa shape index (κ2) is 10.5. The Labute approximate surface area is 228 Å². The maximum absolute atomic E-state index is 12.6. The van der Waals surface area contributed by atoms with E-state index in [1.807, 2.05) is 37.3 Å². The fraction of sp³-hybridized carbons (Fsp3) is 0.167. The maximum Gasteiger partial charge on any atom is 0.337 e. The number of benzene rings is 2. The molecule has 0 bridgehead atoms. The topological polar surface area (TPSA) is 154 Å². The quantitative estimate of drug-likeness (QED) is 0.138. The summed E-state index contributed by atoms with van der Waals surface area (Å²) in [5.41, 5.74) is 8.07. The minimum Gasteiger partial charge on any atom is -0.450 e. The molecule has 5 rings (SSSR count). The second-order valence-electron chi connectivity index (χ2n) is 7.96. The number of urea groups is 1. The van der Waals surface area contributed by atoms with Crippen LogP contribution in [0.4, 0.5) is 22.2 Å². The number of nitrogens with one attached hydrogen (secondary N) is 2. The molecule has 0 aliphatic carbocycles. The molecule has 0 spiro atoms. The summed E-state index contributed by atoms with van der Waals surface area (Å²) in [5.74, 6) is 7.95. The van der Waals surface area contributed by atoms with Crippen molar-refractivity contribution in [1.82, 2.24) is 20.3 Å². The number of ether oxygens (including phenoxy) is 2. The van der Waals surface area contributed by atoms with Crippen LogP contribution in [0.5, 0.6) is 11.5 Å². The summed E-state index contributed by atoms with van der Waals surface area (Å²) in [5, 5.41) is 7.48. The van der Waals surface area contributed by atoms with Crippen molar-refractivity contribution < 1.29 is 14.3 Å². The maximum atomic E-state index is 12.6. The van der Waals surface area contributed by atoms with E-state index in [9.17, 15) is 4.79 Å². The SMILES string of the molecule is CCNC(=O)N(N)c1nc2nc(Nc3ccc4c(c3)OC(CN)O4)ncc2cc1-c1c(Br)cccc1Br. The van der Waals surface area contributed by atoms with Crippen molar-refractivity contribution in [3.05, 3.63) is 57.6 Å². The molecule has 2 aromatic carbocycles. The molecule has 11 nitrogen and oxygen atoms in total. The van der Waals surface area contributed by atoms with Crippen molar-refractivity contribution in [3.8, 4) is 22.6 Å². The van der Waals surface area contributed by atoms with Crippen LogP contribution < -0.4 is 36.7 Å². The summed E-state index contributed by atoms with van der Waals surface area (Å²) in [6.45, 7) is 2.46. The predicted molar refractivity (Wildman–Crippen MR) is 148 cm³/mol. The number of halogens is 2. The van der Waals surface area contributed by atoms with Gasteiger partial charge in [0.25, 0.3) is 6.29 Å². The van der Waals surface area contributed by atoms with Gasteiger partial charge in [0.2, 0.25) is 5.95 Å². The second-order valence-corrected chi connectivity index (χ2v) is 9.66. The molecule has 3 heterocycles. The summed E-state index contributed by atoms with van der Waals surface area (Å²) in [6, 6.07) is 12.4. The molecular weight excluding hydrogens is 608 g/mol. The fourth-order valence-electron chi connectivity index (χ4n) is 3.78. The highest BCUT2D eigenvalue weighted by Crippen LogP contribution is 2.41. The molecule has 2 aromatic heterocycles. The Morgan fingerprint density at radius 3 is 2.59 bits per heavy atom. The molecule has 13 heteroatoms. The standard InChI is InChI=1S/C24H22Br2N8O3/c1-2-29-24(35)34(28)22-14(20-15(25)4-3-5-16(20)26)8-12-11-30-23(33-21(12)32-22)31-13-6-7-17-18(9-13)37-19(10-27)36-17/h3-9,11,19H,2,10,27-28H2,1H3,(H,29,35)(H,30,31,32,33). The normalized spacial score (nSPS) is 14.0. The lowest BCUT2D eigenvalue weighted by atomic mass is 10.1. The summed E-state index contributed by atoms with van der Waals surface area (Å²) in [4.78, 5) is 26.3. The molecule has 0 fully saturated rings. The van der Waals surface area contributed by atoms with E-state index in [-0.39, 0.29) is 12.4 Å². The first-order valence-corrected chi connectivity index (χ1v) is 12.9. The van der Waals surface area contributed by atoms with Gasteiger partial charge in [-0.1, -0.05) is 37.9 Å². The first-order chi connectivity index (χ1) is 17.9. The van der Waals surface area contributed by atoms with Crippen LogP contribution in [0, 0.1) is 0 Å². The molecule has 0 saturated heterocycles. The number of hydrazine groups is 1. The van der Waals surface area contributed by atoms with Gasteiger partial charge in [0.05, 0.1) is 6.54 Å². The Balaban J connectivity index is 1.55. The van der Waals surface area contributed by atoms with Gasteiger partial charge in [0.15, 0.2) is 23.0 Å². The van der Waals surface area contributed by atoms with E-state index in [0.29, 0.717) is 46.3 Å². The zero-order chi connectivity index (χ0) is 26.1. The number of carbonyl (C=O) groups excluding carboxylic acids is 1. The molecule has 6 N–H and O–H groups in total. The van der Waals surface area contributed by atoms with Gasteiger partial charge in [0.1, 0.15) is 0 Å². The van der Waals surface area contributed by atoms with E-state index < -0.39 is 12.3 Å². The molecule has 37 heavy (non-hydrogen) atoms. The predicted octanol–water partition coefficient (Wildman–Crippen LogP) is 4.43. The van der Waals surface area contributed by atoms with Gasteiger partial charge in [-0.25, -0.2) is 25.6 Å². The van der Waals surface area contributed by atoms with E-state index in [2.05, 4.69) is 57.4 Å². The number of aromatic nitrogens is 3. The Kier molecular flexibility index (Phi) is 7.11. The highest BCUT2D eigenvalue weighted by Gasteiger charge is 2.24. The Bertz CT molecular complexity index is 1480. The number of nitrogens with two attached hydrogens (primary N) is 2. The molecule has 1 unspecified atom stereocenters. The van der Waals surface area contributed by atoms with Crippen molar-refractivity contribution in [2.75, 3.05) is 23.4 Å². The monoisotopic (exact) mass is 628 g/mol. The minimum absolute atomic E-state index is 0.228. The van der Waals surface area contributed by atoms with E-state index >= 15 is 0 Å². The third-order valence-corrected chi connectivity index (χ3v) is 6.79. The van der Waals surface area contributed by atoms with E-state index in [1.54, 1.807) is 18.3 Å². The summed E-state index contributed by atoms with van der Waals surface area (Å²) >= 11 is 7.18. The average molecular weight is 630 g/mol. The lowest BCUT2D eigenvalue weighted by molar-refractivity contribution is 0.0581. The Morgan fingerprint density at radius 1 is 1.11 bits per heavy atom. The van der Waals surface area contributed by atoms with E-state index in [1.165, 1.54) is 0 Å². The molecule has 0 radical (unpaired) electrons. The van der Waals surface area contributed by atoms with Crippen LogP contribution in [0.1, 0.15) is 6.92 Å². The first-order valence-electron chi connectivity index (χ1n) is 11.3. The lowest BCUT2D eigenvalue weighted by Gasteiger charge is -2.21. The molecular formula is C24H22Br2N8O3. The molecule has 1 atom stereocenters. The number of amides is 2. The van der Waals surface area contributed by atoms with Crippen LogP contribution in [-0.2, 0) is 0 Å². The number of anilines is 3. The van der Waals surface area contributed by atoms with Gasteiger partial charge in [-0.2, -0.15) is 4.98 Å². The van der Waals surface area contributed by atoms with E-state index in [0.717, 1.165) is 19.5 Å². The van der Waals surface area contributed by atoms with Gasteiger partial charge in [-0.15, -0.1) is 0 Å². The van der Waals surface area contributed by atoms with Crippen LogP contribution in [0.3, 0.4) is 0 Å². The summed E-state index contributed by atoms with van der Waals surface area (Å²) in [6.07, 6.45) is 1.15. The van der Waals surface area contributed by atoms with Crippen molar-refractivity contribution in [3.63, 3.8) is 0 Å². The Hall–Kier alpha value is -3.52. The number of nitrogens with zero attached hydrogens (tertiary/aromatic N) is 4. The third kappa shape index (κ3) is 5.03. The molecule has 0 saturated carbocycles. The first kappa shape index (κ1) is 25.1.